The van der Waals surface area contributed by atoms with Gasteiger partial charge in [-0.1, -0.05) is 19.4 Å². The van der Waals surface area contributed by atoms with Gasteiger partial charge in [-0.2, -0.15) is 0 Å². The topological polar surface area (TPSA) is 18.5 Å². The summed E-state index contributed by atoms with van der Waals surface area (Å²) in [6.07, 6.45) is 5.05. The zero-order chi connectivity index (χ0) is 11.2. The summed E-state index contributed by atoms with van der Waals surface area (Å²) < 4.78 is 11.3. The lowest BCUT2D eigenvalue weighted by Gasteiger charge is -2.25. The van der Waals surface area contributed by atoms with E-state index in [-0.39, 0.29) is 0 Å². The van der Waals surface area contributed by atoms with Gasteiger partial charge in [0.1, 0.15) is 11.5 Å². The van der Waals surface area contributed by atoms with E-state index in [1.54, 1.807) is 0 Å². The van der Waals surface area contributed by atoms with Gasteiger partial charge in [0.15, 0.2) is 0 Å². The molecular weight excluding hydrogens is 200 g/mol. The predicted octanol–water partition coefficient (Wildman–Crippen LogP) is 3.65. The Kier molecular flexibility index (Phi) is 4.09. The molecule has 1 aromatic carbocycles. The molecule has 0 spiro atoms. The van der Waals surface area contributed by atoms with Crippen LogP contribution in [0, 0.1) is 5.92 Å². The Bertz CT molecular complexity index is 318. The van der Waals surface area contributed by atoms with Gasteiger partial charge in [0.2, 0.25) is 0 Å². The third-order valence-electron chi connectivity index (χ3n) is 2.99. The highest BCUT2D eigenvalue weighted by Gasteiger charge is 2.17. The van der Waals surface area contributed by atoms with Gasteiger partial charge in [-0.05, 0) is 37.3 Å². The number of ether oxygens (including phenoxy) is 2. The maximum Gasteiger partial charge on any atom is 0.122 e. The van der Waals surface area contributed by atoms with Crippen molar-refractivity contribution in [2.24, 2.45) is 5.92 Å². The summed E-state index contributed by atoms with van der Waals surface area (Å²) >= 11 is 0. The van der Waals surface area contributed by atoms with Crippen LogP contribution in [0.15, 0.2) is 24.3 Å². The van der Waals surface area contributed by atoms with E-state index < -0.39 is 0 Å². The molecule has 1 aliphatic carbocycles. The second-order valence-electron chi connectivity index (χ2n) is 4.43. The van der Waals surface area contributed by atoms with E-state index in [9.17, 15) is 0 Å². The van der Waals surface area contributed by atoms with Crippen LogP contribution in [-0.4, -0.2) is 13.2 Å². The number of hydrogen-bond acceptors (Lipinski definition) is 2. The quantitative estimate of drug-likeness (QED) is 0.728. The maximum absolute atomic E-state index is 5.75. The van der Waals surface area contributed by atoms with Gasteiger partial charge in [0, 0.05) is 6.07 Å². The molecule has 0 atom stereocenters. The molecule has 88 valence electrons. The Balaban J connectivity index is 1.82. The Morgan fingerprint density at radius 2 is 1.94 bits per heavy atom. The van der Waals surface area contributed by atoms with Gasteiger partial charge < -0.3 is 9.47 Å². The first-order valence-electron chi connectivity index (χ1n) is 6.24. The van der Waals surface area contributed by atoms with Crippen molar-refractivity contribution in [3.8, 4) is 11.5 Å². The third-order valence-corrected chi connectivity index (χ3v) is 2.99. The average Bonchev–Trinajstić information content (AvgIpc) is 2.25. The summed E-state index contributed by atoms with van der Waals surface area (Å²) in [6.45, 7) is 3.74. The van der Waals surface area contributed by atoms with Crippen molar-refractivity contribution < 1.29 is 9.47 Å². The molecule has 0 N–H and O–H groups in total. The lowest BCUT2D eigenvalue weighted by atomic mass is 9.86. The van der Waals surface area contributed by atoms with Crippen molar-refractivity contribution in [1.82, 2.24) is 0 Å². The molecule has 0 aliphatic heterocycles. The van der Waals surface area contributed by atoms with Crippen LogP contribution in [0.2, 0.25) is 0 Å². The number of hydrogen-bond donors (Lipinski definition) is 0. The van der Waals surface area contributed by atoms with E-state index >= 15 is 0 Å². The highest BCUT2D eigenvalue weighted by atomic mass is 16.5. The van der Waals surface area contributed by atoms with Gasteiger partial charge in [-0.25, -0.2) is 0 Å². The SMILES string of the molecule is CCCOc1cccc(OCC2CCC2)c1. The molecule has 0 bridgehead atoms. The minimum absolute atomic E-state index is 0.770. The predicted molar refractivity (Wildman–Crippen MR) is 65.1 cm³/mol. The van der Waals surface area contributed by atoms with Crippen molar-refractivity contribution >= 4 is 0 Å². The lowest BCUT2D eigenvalue weighted by molar-refractivity contribution is 0.180. The summed E-state index contributed by atoms with van der Waals surface area (Å²) in [5.41, 5.74) is 0. The van der Waals surface area contributed by atoms with Crippen LogP contribution in [0.5, 0.6) is 11.5 Å². The Labute approximate surface area is 97.6 Å². The molecular formula is C14H20O2. The highest BCUT2D eigenvalue weighted by Crippen LogP contribution is 2.28. The van der Waals surface area contributed by atoms with Crippen LogP contribution in [0.25, 0.3) is 0 Å². The van der Waals surface area contributed by atoms with E-state index in [1.165, 1.54) is 19.3 Å². The van der Waals surface area contributed by atoms with Gasteiger partial charge in [-0.15, -0.1) is 0 Å². The van der Waals surface area contributed by atoms with Crippen molar-refractivity contribution in [1.29, 1.82) is 0 Å². The smallest absolute Gasteiger partial charge is 0.122 e. The molecule has 1 fully saturated rings. The van der Waals surface area contributed by atoms with Crippen molar-refractivity contribution in [3.63, 3.8) is 0 Å². The molecule has 0 amide bonds. The number of benzene rings is 1. The zero-order valence-corrected chi connectivity index (χ0v) is 9.95. The minimum Gasteiger partial charge on any atom is -0.493 e. The van der Waals surface area contributed by atoms with Crippen molar-refractivity contribution in [3.05, 3.63) is 24.3 Å². The van der Waals surface area contributed by atoms with E-state index in [0.29, 0.717) is 0 Å². The Morgan fingerprint density at radius 1 is 1.19 bits per heavy atom. The molecule has 0 radical (unpaired) electrons. The molecule has 0 aromatic heterocycles. The first kappa shape index (κ1) is 11.3. The second-order valence-corrected chi connectivity index (χ2v) is 4.43. The normalized spacial score (nSPS) is 15.6. The van der Waals surface area contributed by atoms with Crippen LogP contribution in [-0.2, 0) is 0 Å². The van der Waals surface area contributed by atoms with Crippen LogP contribution < -0.4 is 9.47 Å². The maximum atomic E-state index is 5.75. The molecule has 16 heavy (non-hydrogen) atoms. The zero-order valence-electron chi connectivity index (χ0n) is 9.95. The number of rotatable bonds is 6. The average molecular weight is 220 g/mol. The lowest BCUT2D eigenvalue weighted by Crippen LogP contribution is -2.19. The van der Waals surface area contributed by atoms with Crippen molar-refractivity contribution in [2.75, 3.05) is 13.2 Å². The minimum atomic E-state index is 0.770. The van der Waals surface area contributed by atoms with Crippen molar-refractivity contribution in [2.45, 2.75) is 32.6 Å². The van der Waals surface area contributed by atoms with E-state index in [4.69, 9.17) is 9.47 Å². The fourth-order valence-electron chi connectivity index (χ4n) is 1.75. The molecule has 0 saturated heterocycles. The van der Waals surface area contributed by atoms with Gasteiger partial charge >= 0.3 is 0 Å². The van der Waals surface area contributed by atoms with Gasteiger partial charge in [0.05, 0.1) is 13.2 Å². The first-order chi connectivity index (χ1) is 7.88. The Hall–Kier alpha value is -1.18. The molecule has 2 nitrogen and oxygen atoms in total. The van der Waals surface area contributed by atoms with Crippen LogP contribution in [0.4, 0.5) is 0 Å². The standard InChI is InChI=1S/C14H20O2/c1-2-9-15-13-7-4-8-14(10-13)16-11-12-5-3-6-12/h4,7-8,10,12H,2-3,5-6,9,11H2,1H3. The van der Waals surface area contributed by atoms with Gasteiger partial charge in [-0.3, -0.25) is 0 Å². The van der Waals surface area contributed by atoms with Gasteiger partial charge in [0.25, 0.3) is 0 Å². The van der Waals surface area contributed by atoms with E-state index in [1.807, 2.05) is 24.3 Å². The fourth-order valence-corrected chi connectivity index (χ4v) is 1.75. The fraction of sp³-hybridized carbons (Fsp3) is 0.571. The summed E-state index contributed by atoms with van der Waals surface area (Å²) in [7, 11) is 0. The second kappa shape index (κ2) is 5.78. The first-order valence-corrected chi connectivity index (χ1v) is 6.24. The summed E-state index contributed by atoms with van der Waals surface area (Å²) in [5.74, 6) is 2.62. The molecule has 0 unspecified atom stereocenters. The summed E-state index contributed by atoms with van der Waals surface area (Å²) in [5, 5.41) is 0. The van der Waals surface area contributed by atoms with E-state index in [0.717, 1.165) is 37.1 Å². The molecule has 1 aromatic rings. The van der Waals surface area contributed by atoms with Crippen LogP contribution in [0.1, 0.15) is 32.6 Å². The van der Waals surface area contributed by atoms with Crippen LogP contribution >= 0.6 is 0 Å². The third kappa shape index (κ3) is 3.16. The Morgan fingerprint density at radius 3 is 2.56 bits per heavy atom. The molecule has 1 aliphatic rings. The molecule has 2 rings (SSSR count). The monoisotopic (exact) mass is 220 g/mol. The highest BCUT2D eigenvalue weighted by molar-refractivity contribution is 5.32. The molecule has 0 heterocycles. The van der Waals surface area contributed by atoms with E-state index in [2.05, 4.69) is 6.92 Å². The summed E-state index contributed by atoms with van der Waals surface area (Å²) in [4.78, 5) is 0. The molecule has 2 heteroatoms. The largest absolute Gasteiger partial charge is 0.493 e. The summed E-state index contributed by atoms with van der Waals surface area (Å²) in [6, 6.07) is 7.94. The molecule has 1 saturated carbocycles. The van der Waals surface area contributed by atoms with Crippen LogP contribution in [0.3, 0.4) is 0 Å².